The van der Waals surface area contributed by atoms with Crippen molar-refractivity contribution in [2.45, 2.75) is 38.6 Å². The van der Waals surface area contributed by atoms with E-state index in [9.17, 15) is 22.8 Å². The van der Waals surface area contributed by atoms with Gasteiger partial charge in [0.1, 0.15) is 23.5 Å². The molecule has 2 aliphatic heterocycles. The number of nitrogens with zero attached hydrogens (tertiary/aromatic N) is 2. The van der Waals surface area contributed by atoms with Crippen LogP contribution in [-0.2, 0) is 4.79 Å². The first-order valence-electron chi connectivity index (χ1n) is 12.1. The van der Waals surface area contributed by atoms with Gasteiger partial charge in [-0.25, -0.2) is 13.2 Å². The second kappa shape index (κ2) is 10.0. The van der Waals surface area contributed by atoms with E-state index in [0.717, 1.165) is 49.7 Å². The number of halogens is 3. The fraction of sp³-hybridized carbons (Fsp3) is 0.481. The predicted molar refractivity (Wildman–Crippen MR) is 127 cm³/mol. The normalized spacial score (nSPS) is 20.9. The summed E-state index contributed by atoms with van der Waals surface area (Å²) in [7, 11) is 2.08. The number of carbonyl (C=O) groups excluding carboxylic acids is 2. The van der Waals surface area contributed by atoms with Crippen molar-refractivity contribution in [3.05, 3.63) is 71.0 Å². The summed E-state index contributed by atoms with van der Waals surface area (Å²) in [6, 6.07) is 8.54. The number of hydrogen-bond donors (Lipinski definition) is 1. The summed E-state index contributed by atoms with van der Waals surface area (Å²) in [6.45, 7) is 6.48. The molecule has 1 spiro atoms. The van der Waals surface area contributed by atoms with Gasteiger partial charge in [-0.2, -0.15) is 0 Å². The molecule has 188 valence electrons. The Bertz CT molecular complexity index is 1080. The molecule has 2 fully saturated rings. The average Bonchev–Trinajstić information content (AvgIpc) is 3.14. The lowest BCUT2D eigenvalue weighted by molar-refractivity contribution is -0.136. The second-order valence-electron chi connectivity index (χ2n) is 10.3. The summed E-state index contributed by atoms with van der Waals surface area (Å²) in [5.74, 6) is -2.82. The van der Waals surface area contributed by atoms with E-state index in [-0.39, 0.29) is 29.0 Å². The van der Waals surface area contributed by atoms with Gasteiger partial charge >= 0.3 is 0 Å². The van der Waals surface area contributed by atoms with Gasteiger partial charge < -0.3 is 15.1 Å². The van der Waals surface area contributed by atoms with E-state index >= 15 is 0 Å². The van der Waals surface area contributed by atoms with E-state index < -0.39 is 29.1 Å². The van der Waals surface area contributed by atoms with E-state index in [1.165, 1.54) is 12.1 Å². The van der Waals surface area contributed by atoms with Gasteiger partial charge in [0, 0.05) is 32.1 Å². The monoisotopic (exact) mass is 487 g/mol. The number of likely N-dealkylation sites (N-methyl/N-ethyl adjacent to an activating group) is 1. The molecule has 2 saturated heterocycles. The van der Waals surface area contributed by atoms with E-state index in [2.05, 4.69) is 17.3 Å². The van der Waals surface area contributed by atoms with Crippen LogP contribution in [-0.4, -0.2) is 60.9 Å². The van der Waals surface area contributed by atoms with Crippen molar-refractivity contribution in [3.8, 4) is 0 Å². The Balaban J connectivity index is 1.46. The zero-order valence-electron chi connectivity index (χ0n) is 20.4. The molecule has 35 heavy (non-hydrogen) atoms. The van der Waals surface area contributed by atoms with Crippen LogP contribution < -0.4 is 5.32 Å². The molecule has 1 N–H and O–H groups in total. The summed E-state index contributed by atoms with van der Waals surface area (Å²) < 4.78 is 41.1. The first kappa shape index (κ1) is 25.2. The Morgan fingerprint density at radius 3 is 2.26 bits per heavy atom. The number of carbonyl (C=O) groups is 2. The molecular weight excluding hydrogens is 455 g/mol. The first-order valence-corrected chi connectivity index (χ1v) is 12.1. The van der Waals surface area contributed by atoms with Gasteiger partial charge in [0.05, 0.1) is 5.56 Å². The quantitative estimate of drug-likeness (QED) is 0.688. The molecule has 0 bridgehead atoms. The number of benzene rings is 2. The van der Waals surface area contributed by atoms with E-state index in [1.54, 1.807) is 4.90 Å². The zero-order valence-corrected chi connectivity index (χ0v) is 20.4. The van der Waals surface area contributed by atoms with Gasteiger partial charge in [-0.05, 0) is 67.1 Å². The minimum absolute atomic E-state index is 0.00930. The maximum atomic E-state index is 14.1. The molecule has 5 nitrogen and oxygen atoms in total. The fourth-order valence-electron chi connectivity index (χ4n) is 5.65. The SMILES string of the molecule is CC(C)[C@@H](NC(=O)c1cc(F)ccc1F)C(=O)N1CCC2(CC1)CN(C)CC2c1ccc(F)cc1. The van der Waals surface area contributed by atoms with Crippen LogP contribution in [0.4, 0.5) is 13.2 Å². The number of rotatable bonds is 5. The van der Waals surface area contributed by atoms with Crippen molar-refractivity contribution in [3.63, 3.8) is 0 Å². The standard InChI is InChI=1S/C27H32F3N3O2/c1-17(2)24(31-25(34)21-14-20(29)8-9-23(21)30)26(35)33-12-10-27(11-13-33)16-32(3)15-22(27)18-4-6-19(28)7-5-18/h4-9,14,17,22,24H,10-13,15-16H2,1-3H3,(H,31,34)/t22?,24-/m1/s1. The predicted octanol–water partition coefficient (Wildman–Crippen LogP) is 4.20. The lowest BCUT2D eigenvalue weighted by atomic mass is 9.68. The number of hydrogen-bond acceptors (Lipinski definition) is 3. The van der Waals surface area contributed by atoms with Crippen LogP contribution in [0, 0.1) is 28.8 Å². The molecule has 2 amide bonds. The summed E-state index contributed by atoms with van der Waals surface area (Å²) >= 11 is 0. The molecule has 4 rings (SSSR count). The fourth-order valence-corrected chi connectivity index (χ4v) is 5.65. The summed E-state index contributed by atoms with van der Waals surface area (Å²) in [5.41, 5.74) is 0.683. The third kappa shape index (κ3) is 5.22. The van der Waals surface area contributed by atoms with Crippen LogP contribution in [0.15, 0.2) is 42.5 Å². The van der Waals surface area contributed by atoms with Gasteiger partial charge in [0.2, 0.25) is 5.91 Å². The summed E-state index contributed by atoms with van der Waals surface area (Å²) in [6.07, 6.45) is 1.59. The number of nitrogens with one attached hydrogen (secondary N) is 1. The third-order valence-electron chi connectivity index (χ3n) is 7.55. The topological polar surface area (TPSA) is 52.7 Å². The van der Waals surface area contributed by atoms with Crippen LogP contribution in [0.3, 0.4) is 0 Å². The van der Waals surface area contributed by atoms with Crippen molar-refractivity contribution < 1.29 is 22.8 Å². The summed E-state index contributed by atoms with van der Waals surface area (Å²) in [4.78, 5) is 30.1. The smallest absolute Gasteiger partial charge is 0.255 e. The highest BCUT2D eigenvalue weighted by Crippen LogP contribution is 2.49. The number of likely N-dealkylation sites (tertiary alicyclic amines) is 2. The molecule has 8 heteroatoms. The Hall–Kier alpha value is -2.87. The van der Waals surface area contributed by atoms with Gasteiger partial charge in [0.15, 0.2) is 0 Å². The maximum Gasteiger partial charge on any atom is 0.255 e. The first-order chi connectivity index (χ1) is 16.6. The molecule has 2 aromatic rings. The zero-order chi connectivity index (χ0) is 25.3. The van der Waals surface area contributed by atoms with Gasteiger partial charge in [-0.15, -0.1) is 0 Å². The lowest BCUT2D eigenvalue weighted by Gasteiger charge is -2.44. The van der Waals surface area contributed by atoms with Gasteiger partial charge in [-0.1, -0.05) is 26.0 Å². The van der Waals surface area contributed by atoms with E-state index in [0.29, 0.717) is 13.1 Å². The van der Waals surface area contributed by atoms with Crippen LogP contribution in [0.25, 0.3) is 0 Å². The molecule has 2 aromatic carbocycles. The highest BCUT2D eigenvalue weighted by molar-refractivity contribution is 5.97. The van der Waals surface area contributed by atoms with Crippen molar-refractivity contribution in [1.82, 2.24) is 15.1 Å². The average molecular weight is 488 g/mol. The van der Waals surface area contributed by atoms with E-state index in [1.807, 2.05) is 26.0 Å². The second-order valence-corrected chi connectivity index (χ2v) is 10.3. The van der Waals surface area contributed by atoms with Gasteiger partial charge in [-0.3, -0.25) is 9.59 Å². The largest absolute Gasteiger partial charge is 0.341 e. The highest BCUT2D eigenvalue weighted by atomic mass is 19.1. The van der Waals surface area contributed by atoms with Crippen LogP contribution >= 0.6 is 0 Å². The molecule has 0 aromatic heterocycles. The van der Waals surface area contributed by atoms with Crippen molar-refractivity contribution in [2.75, 3.05) is 33.2 Å². The van der Waals surface area contributed by atoms with E-state index in [4.69, 9.17) is 0 Å². The Kier molecular flexibility index (Phi) is 7.22. The minimum atomic E-state index is -0.849. The summed E-state index contributed by atoms with van der Waals surface area (Å²) in [5, 5.41) is 2.63. The Morgan fingerprint density at radius 2 is 1.63 bits per heavy atom. The van der Waals surface area contributed by atoms with Crippen molar-refractivity contribution >= 4 is 11.8 Å². The molecule has 2 heterocycles. The minimum Gasteiger partial charge on any atom is -0.341 e. The number of amides is 2. The van der Waals surface area contributed by atoms with Gasteiger partial charge in [0.25, 0.3) is 5.91 Å². The molecule has 2 aliphatic rings. The van der Waals surface area contributed by atoms with Crippen LogP contribution in [0.1, 0.15) is 48.5 Å². The Labute approximate surface area is 204 Å². The van der Waals surface area contributed by atoms with Crippen molar-refractivity contribution in [1.29, 1.82) is 0 Å². The third-order valence-corrected chi connectivity index (χ3v) is 7.55. The molecule has 1 unspecified atom stereocenters. The highest BCUT2D eigenvalue weighted by Gasteiger charge is 2.48. The molecule has 2 atom stereocenters. The molecule has 0 saturated carbocycles. The van der Waals surface area contributed by atoms with Crippen LogP contribution in [0.5, 0.6) is 0 Å². The lowest BCUT2D eigenvalue weighted by Crippen LogP contribution is -2.54. The molecule has 0 radical (unpaired) electrons. The van der Waals surface area contributed by atoms with Crippen LogP contribution in [0.2, 0.25) is 0 Å². The number of piperidine rings is 1. The maximum absolute atomic E-state index is 14.1. The molecule has 0 aliphatic carbocycles. The Morgan fingerprint density at radius 1 is 1.00 bits per heavy atom. The van der Waals surface area contributed by atoms with Crippen molar-refractivity contribution in [2.24, 2.45) is 11.3 Å². The molecular formula is C27H32F3N3O2.